The van der Waals surface area contributed by atoms with Crippen LogP contribution in [0.2, 0.25) is 5.02 Å². The monoisotopic (exact) mass is 257 g/mol. The molecule has 0 amide bonds. The van der Waals surface area contributed by atoms with Gasteiger partial charge in [-0.3, -0.25) is 0 Å². The lowest BCUT2D eigenvalue weighted by atomic mass is 10.1. The molecule has 0 spiro atoms. The van der Waals surface area contributed by atoms with Gasteiger partial charge in [-0.05, 0) is 30.9 Å². The van der Waals surface area contributed by atoms with Crippen LogP contribution in [0.5, 0.6) is 0 Å². The zero-order chi connectivity index (χ0) is 11.5. The largest absolute Gasteiger partial charge is 0.395 e. The molecule has 0 aromatic heterocycles. The first-order valence-corrected chi connectivity index (χ1v) is 6.75. The van der Waals surface area contributed by atoms with Crippen LogP contribution in [0.4, 0.5) is 0 Å². The van der Waals surface area contributed by atoms with Gasteiger partial charge in [0.25, 0.3) is 0 Å². The summed E-state index contributed by atoms with van der Waals surface area (Å²) in [5.74, 6) is 0.590. The molecule has 2 nitrogen and oxygen atoms in total. The highest BCUT2D eigenvalue weighted by Crippen LogP contribution is 2.39. The van der Waals surface area contributed by atoms with Gasteiger partial charge in [0.1, 0.15) is 0 Å². The Bertz CT molecular complexity index is 357. The van der Waals surface area contributed by atoms with Crippen LogP contribution < -0.4 is 5.73 Å². The SMILES string of the molecule is NC(C1CC1)C(CO)Sc1ccccc1Cl. The van der Waals surface area contributed by atoms with E-state index in [1.807, 2.05) is 24.3 Å². The number of hydrogen-bond acceptors (Lipinski definition) is 3. The van der Waals surface area contributed by atoms with Gasteiger partial charge in [0.15, 0.2) is 0 Å². The van der Waals surface area contributed by atoms with E-state index in [4.69, 9.17) is 17.3 Å². The van der Waals surface area contributed by atoms with Crippen LogP contribution in [0.3, 0.4) is 0 Å². The molecule has 0 heterocycles. The zero-order valence-electron chi connectivity index (χ0n) is 8.97. The maximum Gasteiger partial charge on any atom is 0.0568 e. The molecule has 2 unspecified atom stereocenters. The molecule has 88 valence electrons. The maximum atomic E-state index is 9.38. The molecule has 1 aliphatic carbocycles. The Morgan fingerprint density at radius 1 is 1.44 bits per heavy atom. The van der Waals surface area contributed by atoms with Crippen molar-refractivity contribution in [3.05, 3.63) is 29.3 Å². The molecule has 1 aromatic carbocycles. The number of benzene rings is 1. The predicted molar refractivity (Wildman–Crippen MR) is 68.9 cm³/mol. The van der Waals surface area contributed by atoms with Crippen molar-refractivity contribution in [2.24, 2.45) is 11.7 Å². The fourth-order valence-corrected chi connectivity index (χ4v) is 3.11. The van der Waals surface area contributed by atoms with Crippen LogP contribution in [0.15, 0.2) is 29.2 Å². The molecule has 3 N–H and O–H groups in total. The second kappa shape index (κ2) is 5.41. The number of hydrogen-bond donors (Lipinski definition) is 2. The predicted octanol–water partition coefficient (Wildman–Crippen LogP) is 2.53. The van der Waals surface area contributed by atoms with Crippen LogP contribution in [0.25, 0.3) is 0 Å². The quantitative estimate of drug-likeness (QED) is 0.797. The standard InChI is InChI=1S/C12H16ClNOS/c13-9-3-1-2-4-10(9)16-11(7-15)12(14)8-5-6-8/h1-4,8,11-12,15H,5-7,14H2. The van der Waals surface area contributed by atoms with Crippen molar-refractivity contribution in [1.29, 1.82) is 0 Å². The summed E-state index contributed by atoms with van der Waals surface area (Å²) in [5.41, 5.74) is 6.11. The summed E-state index contributed by atoms with van der Waals surface area (Å²) in [4.78, 5) is 0.999. The zero-order valence-corrected chi connectivity index (χ0v) is 10.5. The summed E-state index contributed by atoms with van der Waals surface area (Å²) in [6.07, 6.45) is 2.39. The number of nitrogens with two attached hydrogens (primary N) is 1. The molecule has 0 bridgehead atoms. The summed E-state index contributed by atoms with van der Waals surface area (Å²) in [7, 11) is 0. The lowest BCUT2D eigenvalue weighted by Crippen LogP contribution is -2.36. The summed E-state index contributed by atoms with van der Waals surface area (Å²) in [6.45, 7) is 0.105. The minimum atomic E-state index is 0.0485. The Balaban J connectivity index is 2.03. The van der Waals surface area contributed by atoms with E-state index in [-0.39, 0.29) is 17.9 Å². The lowest BCUT2D eigenvalue weighted by Gasteiger charge is -2.21. The van der Waals surface area contributed by atoms with E-state index in [1.165, 1.54) is 12.8 Å². The summed E-state index contributed by atoms with van der Waals surface area (Å²) in [6, 6.07) is 7.76. The number of halogens is 1. The van der Waals surface area contributed by atoms with Gasteiger partial charge in [0.05, 0.1) is 11.6 Å². The molecule has 0 saturated heterocycles. The summed E-state index contributed by atoms with van der Waals surface area (Å²) < 4.78 is 0. The molecule has 2 atom stereocenters. The Labute approximate surface area is 105 Å². The number of thioether (sulfide) groups is 1. The Morgan fingerprint density at radius 2 is 2.12 bits per heavy atom. The van der Waals surface area contributed by atoms with Crippen molar-refractivity contribution >= 4 is 23.4 Å². The highest BCUT2D eigenvalue weighted by molar-refractivity contribution is 8.00. The fourth-order valence-electron chi connectivity index (χ4n) is 1.73. The van der Waals surface area contributed by atoms with Gasteiger partial charge in [-0.1, -0.05) is 23.7 Å². The average Bonchev–Trinajstić information content (AvgIpc) is 3.11. The second-order valence-electron chi connectivity index (χ2n) is 4.18. The van der Waals surface area contributed by atoms with Crippen LogP contribution in [0, 0.1) is 5.92 Å². The van der Waals surface area contributed by atoms with Crippen molar-refractivity contribution in [1.82, 2.24) is 0 Å². The van der Waals surface area contributed by atoms with Crippen molar-refractivity contribution in [2.45, 2.75) is 29.0 Å². The molecule has 1 saturated carbocycles. The molecule has 1 aromatic rings. The first-order valence-electron chi connectivity index (χ1n) is 5.50. The third-order valence-electron chi connectivity index (χ3n) is 2.89. The molecule has 0 aliphatic heterocycles. The van der Waals surface area contributed by atoms with Crippen molar-refractivity contribution in [3.8, 4) is 0 Å². The van der Waals surface area contributed by atoms with Gasteiger partial charge < -0.3 is 10.8 Å². The van der Waals surface area contributed by atoms with Gasteiger partial charge in [-0.2, -0.15) is 0 Å². The average molecular weight is 258 g/mol. The molecular formula is C12H16ClNOS. The molecule has 1 aliphatic rings. The smallest absolute Gasteiger partial charge is 0.0568 e. The van der Waals surface area contributed by atoms with E-state index in [0.29, 0.717) is 5.92 Å². The van der Waals surface area contributed by atoms with Crippen LogP contribution in [-0.4, -0.2) is 23.0 Å². The van der Waals surface area contributed by atoms with Crippen LogP contribution in [0.1, 0.15) is 12.8 Å². The van der Waals surface area contributed by atoms with Crippen LogP contribution >= 0.6 is 23.4 Å². The first kappa shape index (κ1) is 12.2. The number of rotatable bonds is 5. The highest BCUT2D eigenvalue weighted by atomic mass is 35.5. The van der Waals surface area contributed by atoms with Crippen molar-refractivity contribution in [2.75, 3.05) is 6.61 Å². The van der Waals surface area contributed by atoms with Crippen LogP contribution in [-0.2, 0) is 0 Å². The Kier molecular flexibility index (Phi) is 4.14. The van der Waals surface area contributed by atoms with E-state index >= 15 is 0 Å². The number of aliphatic hydroxyl groups is 1. The fraction of sp³-hybridized carbons (Fsp3) is 0.500. The Hall–Kier alpha value is -0.220. The van der Waals surface area contributed by atoms with Gasteiger partial charge in [-0.15, -0.1) is 11.8 Å². The van der Waals surface area contributed by atoms with Gasteiger partial charge >= 0.3 is 0 Å². The van der Waals surface area contributed by atoms with Gasteiger partial charge in [0, 0.05) is 16.2 Å². The third kappa shape index (κ3) is 2.92. The molecule has 16 heavy (non-hydrogen) atoms. The first-order chi connectivity index (χ1) is 7.72. The summed E-state index contributed by atoms with van der Waals surface area (Å²) >= 11 is 7.67. The van der Waals surface area contributed by atoms with E-state index in [0.717, 1.165) is 9.92 Å². The topological polar surface area (TPSA) is 46.2 Å². The summed E-state index contributed by atoms with van der Waals surface area (Å²) in [5, 5.41) is 10.2. The normalized spacial score (nSPS) is 19.4. The van der Waals surface area contributed by atoms with Crippen molar-refractivity contribution < 1.29 is 5.11 Å². The van der Waals surface area contributed by atoms with Gasteiger partial charge in [-0.25, -0.2) is 0 Å². The lowest BCUT2D eigenvalue weighted by molar-refractivity contribution is 0.277. The molecule has 0 radical (unpaired) electrons. The molecular weight excluding hydrogens is 242 g/mol. The maximum absolute atomic E-state index is 9.38. The van der Waals surface area contributed by atoms with E-state index in [2.05, 4.69) is 0 Å². The molecule has 2 rings (SSSR count). The minimum absolute atomic E-state index is 0.0485. The Morgan fingerprint density at radius 3 is 2.69 bits per heavy atom. The second-order valence-corrected chi connectivity index (χ2v) is 5.87. The van der Waals surface area contributed by atoms with E-state index in [9.17, 15) is 5.11 Å². The molecule has 4 heteroatoms. The van der Waals surface area contributed by atoms with E-state index < -0.39 is 0 Å². The minimum Gasteiger partial charge on any atom is -0.395 e. The van der Waals surface area contributed by atoms with Crippen molar-refractivity contribution in [3.63, 3.8) is 0 Å². The molecule has 1 fully saturated rings. The van der Waals surface area contributed by atoms with E-state index in [1.54, 1.807) is 11.8 Å². The van der Waals surface area contributed by atoms with Gasteiger partial charge in [0.2, 0.25) is 0 Å². The number of aliphatic hydroxyl groups excluding tert-OH is 1. The third-order valence-corrected chi connectivity index (χ3v) is 4.71. The highest BCUT2D eigenvalue weighted by Gasteiger charge is 2.34.